The molecule has 2 aromatic heterocycles. The Morgan fingerprint density at radius 1 is 0.975 bits per heavy atom. The lowest BCUT2D eigenvalue weighted by Crippen LogP contribution is -2.25. The molecule has 40 heavy (non-hydrogen) atoms. The molecule has 0 spiro atoms. The largest absolute Gasteiger partial charge is 0.356 e. The molecule has 0 aliphatic rings. The van der Waals surface area contributed by atoms with Crippen LogP contribution < -0.4 is 21.3 Å². The monoisotopic (exact) mass is 532 g/mol. The summed E-state index contributed by atoms with van der Waals surface area (Å²) in [6, 6.07) is 18.2. The molecule has 3 aromatic carbocycles. The van der Waals surface area contributed by atoms with Crippen molar-refractivity contribution in [3.05, 3.63) is 110 Å². The minimum atomic E-state index is -0.235. The van der Waals surface area contributed by atoms with Gasteiger partial charge < -0.3 is 15.2 Å². The van der Waals surface area contributed by atoms with Crippen molar-refractivity contribution in [2.45, 2.75) is 26.9 Å². The van der Waals surface area contributed by atoms with Crippen LogP contribution in [-0.4, -0.2) is 32.0 Å². The highest BCUT2D eigenvalue weighted by atomic mass is 16.2. The second-order valence-corrected chi connectivity index (χ2v) is 9.67. The molecule has 0 unspecified atom stereocenters. The molecule has 9 heteroatoms. The molecule has 5 aromatic rings. The Labute approximate surface area is 230 Å². The number of nitrogens with one attached hydrogen (secondary N) is 2. The predicted molar refractivity (Wildman–Crippen MR) is 156 cm³/mol. The van der Waals surface area contributed by atoms with E-state index in [0.29, 0.717) is 52.1 Å². The zero-order valence-electron chi connectivity index (χ0n) is 22.5. The summed E-state index contributed by atoms with van der Waals surface area (Å²) in [6.07, 6.45) is 5.64. The lowest BCUT2D eigenvalue weighted by molar-refractivity contribution is 0.0951. The number of carbonyl (C=O) groups is 1. The van der Waals surface area contributed by atoms with Crippen LogP contribution in [0.2, 0.25) is 0 Å². The summed E-state index contributed by atoms with van der Waals surface area (Å²) in [6.45, 7) is 4.64. The van der Waals surface area contributed by atoms with Gasteiger partial charge in [0.15, 0.2) is 0 Å². The maximum Gasteiger partial charge on any atom is 0.261 e. The summed E-state index contributed by atoms with van der Waals surface area (Å²) >= 11 is 0. The predicted octanol–water partition coefficient (Wildman–Crippen LogP) is 3.36. The fourth-order valence-corrected chi connectivity index (χ4v) is 4.62. The molecule has 0 saturated carbocycles. The number of hydrogen-bond acceptors (Lipinski definition) is 6. The first-order chi connectivity index (χ1) is 19.2. The lowest BCUT2D eigenvalue weighted by Gasteiger charge is -2.23. The topological polar surface area (TPSA) is 113 Å². The summed E-state index contributed by atoms with van der Waals surface area (Å²) in [4.78, 5) is 51.4. The number of H-pyrrole nitrogens is 1. The number of rotatable bonds is 7. The minimum Gasteiger partial charge on any atom is -0.356 e. The summed E-state index contributed by atoms with van der Waals surface area (Å²) < 4.78 is 1.51. The number of carbonyl (C=O) groups excluding carboxylic acids is 1. The first-order valence-electron chi connectivity index (χ1n) is 12.8. The van der Waals surface area contributed by atoms with Crippen LogP contribution in [0.15, 0.2) is 70.3 Å². The molecule has 0 aliphatic heterocycles. The van der Waals surface area contributed by atoms with E-state index in [4.69, 9.17) is 6.42 Å². The molecular weight excluding hydrogens is 504 g/mol. The molecule has 1 amide bonds. The van der Waals surface area contributed by atoms with Crippen LogP contribution in [0, 0.1) is 26.2 Å². The van der Waals surface area contributed by atoms with Gasteiger partial charge in [-0.25, -0.2) is 9.97 Å². The third-order valence-corrected chi connectivity index (χ3v) is 6.86. The third-order valence-electron chi connectivity index (χ3n) is 6.86. The standard InChI is InChI=1S/C31H28N6O3/c1-5-14-37(18-22-7-13-27-25(16-22)30(39)34-19(2)33-27)24-10-8-23(9-11-24)29(38)32-17-21-6-12-28-26(15-21)31(40)36(4)20(3)35-28/h1,6-13,15-16H,14,17-18H2,2-4H3,(H,32,38)(H,33,34,39). The van der Waals surface area contributed by atoms with Crippen LogP contribution in [0.4, 0.5) is 5.69 Å². The van der Waals surface area contributed by atoms with E-state index >= 15 is 0 Å². The fraction of sp³-hybridized carbons (Fsp3) is 0.194. The molecule has 2 N–H and O–H groups in total. The number of fused-ring (bicyclic) bond motifs is 2. The molecule has 0 saturated heterocycles. The Morgan fingerprint density at radius 2 is 1.65 bits per heavy atom. The fourth-order valence-electron chi connectivity index (χ4n) is 4.62. The maximum atomic E-state index is 12.9. The Morgan fingerprint density at radius 3 is 2.38 bits per heavy atom. The number of aryl methyl sites for hydroxylation is 2. The van der Waals surface area contributed by atoms with Gasteiger partial charge in [0.05, 0.1) is 28.4 Å². The van der Waals surface area contributed by atoms with Crippen molar-refractivity contribution in [1.29, 1.82) is 0 Å². The molecule has 2 heterocycles. The molecule has 0 bridgehead atoms. The van der Waals surface area contributed by atoms with E-state index < -0.39 is 0 Å². The van der Waals surface area contributed by atoms with Crippen LogP contribution in [0.5, 0.6) is 0 Å². The van der Waals surface area contributed by atoms with Crippen molar-refractivity contribution >= 4 is 33.4 Å². The summed E-state index contributed by atoms with van der Waals surface area (Å²) in [7, 11) is 1.69. The number of amides is 1. The molecule has 5 rings (SSSR count). The Balaban J connectivity index is 1.29. The van der Waals surface area contributed by atoms with Gasteiger partial charge in [0, 0.05) is 31.4 Å². The second-order valence-electron chi connectivity index (χ2n) is 9.67. The van der Waals surface area contributed by atoms with Crippen LogP contribution >= 0.6 is 0 Å². The van der Waals surface area contributed by atoms with Gasteiger partial charge in [-0.15, -0.1) is 6.42 Å². The van der Waals surface area contributed by atoms with E-state index in [9.17, 15) is 14.4 Å². The van der Waals surface area contributed by atoms with Crippen LogP contribution in [0.1, 0.15) is 33.1 Å². The van der Waals surface area contributed by atoms with E-state index in [1.54, 1.807) is 45.2 Å². The number of aromatic amines is 1. The van der Waals surface area contributed by atoms with Crippen molar-refractivity contribution in [2.24, 2.45) is 7.05 Å². The van der Waals surface area contributed by atoms with Crippen LogP contribution in [0.25, 0.3) is 21.8 Å². The zero-order valence-corrected chi connectivity index (χ0v) is 22.5. The number of anilines is 1. The van der Waals surface area contributed by atoms with E-state index in [-0.39, 0.29) is 23.6 Å². The highest BCUT2D eigenvalue weighted by molar-refractivity contribution is 5.94. The molecule has 9 nitrogen and oxygen atoms in total. The summed E-state index contributed by atoms with van der Waals surface area (Å²) in [5, 5.41) is 3.95. The van der Waals surface area contributed by atoms with Crippen LogP contribution in [-0.2, 0) is 20.1 Å². The smallest absolute Gasteiger partial charge is 0.261 e. The van der Waals surface area contributed by atoms with Crippen molar-refractivity contribution in [3.63, 3.8) is 0 Å². The lowest BCUT2D eigenvalue weighted by atomic mass is 10.1. The highest BCUT2D eigenvalue weighted by Gasteiger charge is 2.12. The van der Waals surface area contributed by atoms with Crippen molar-refractivity contribution in [2.75, 3.05) is 11.4 Å². The minimum absolute atomic E-state index is 0.120. The zero-order chi connectivity index (χ0) is 28.4. The van der Waals surface area contributed by atoms with Gasteiger partial charge in [0.25, 0.3) is 17.0 Å². The van der Waals surface area contributed by atoms with Gasteiger partial charge in [-0.05, 0) is 73.5 Å². The van der Waals surface area contributed by atoms with Crippen molar-refractivity contribution in [1.82, 2.24) is 24.8 Å². The van der Waals surface area contributed by atoms with E-state index in [1.807, 2.05) is 41.3 Å². The summed E-state index contributed by atoms with van der Waals surface area (Å²) in [5.41, 5.74) is 4.03. The van der Waals surface area contributed by atoms with Gasteiger partial charge >= 0.3 is 0 Å². The molecule has 0 fully saturated rings. The second kappa shape index (κ2) is 10.9. The van der Waals surface area contributed by atoms with Crippen LogP contribution in [0.3, 0.4) is 0 Å². The molecular formula is C31H28N6O3. The normalized spacial score (nSPS) is 10.9. The van der Waals surface area contributed by atoms with Gasteiger partial charge in [-0.3, -0.25) is 19.0 Å². The molecule has 0 radical (unpaired) electrons. The van der Waals surface area contributed by atoms with Crippen molar-refractivity contribution in [3.8, 4) is 12.3 Å². The Bertz CT molecular complexity index is 1920. The van der Waals surface area contributed by atoms with Gasteiger partial charge in [-0.2, -0.15) is 0 Å². The van der Waals surface area contributed by atoms with Gasteiger partial charge in [-0.1, -0.05) is 18.1 Å². The summed E-state index contributed by atoms with van der Waals surface area (Å²) in [5.74, 6) is 3.65. The van der Waals surface area contributed by atoms with E-state index in [2.05, 4.69) is 26.2 Å². The van der Waals surface area contributed by atoms with E-state index in [0.717, 1.165) is 16.8 Å². The first kappa shape index (κ1) is 26.4. The third kappa shape index (κ3) is 5.33. The Kier molecular flexibility index (Phi) is 7.17. The highest BCUT2D eigenvalue weighted by Crippen LogP contribution is 2.20. The van der Waals surface area contributed by atoms with Gasteiger partial charge in [0.1, 0.15) is 11.6 Å². The van der Waals surface area contributed by atoms with E-state index in [1.165, 1.54) is 4.57 Å². The van der Waals surface area contributed by atoms with Crippen molar-refractivity contribution < 1.29 is 4.79 Å². The Hall–Kier alpha value is -5.23. The average Bonchev–Trinajstić information content (AvgIpc) is 2.95. The molecule has 0 atom stereocenters. The number of hydrogen-bond donors (Lipinski definition) is 2. The molecule has 0 aliphatic carbocycles. The number of terminal acetylenes is 1. The SMILES string of the molecule is C#CCN(Cc1ccc2nc(C)[nH]c(=O)c2c1)c1ccc(C(=O)NCc2ccc3nc(C)n(C)c(=O)c3c2)cc1. The number of aromatic nitrogens is 4. The first-order valence-corrected chi connectivity index (χ1v) is 12.8. The average molecular weight is 533 g/mol. The number of benzene rings is 3. The molecule has 200 valence electrons. The maximum absolute atomic E-state index is 12.9. The number of nitrogens with zero attached hydrogens (tertiary/aromatic N) is 4. The van der Waals surface area contributed by atoms with Gasteiger partial charge in [0.2, 0.25) is 0 Å². The quantitative estimate of drug-likeness (QED) is 0.311.